The lowest BCUT2D eigenvalue weighted by atomic mass is 10.2. The Bertz CT molecular complexity index is 1070. The zero-order chi connectivity index (χ0) is 21.3. The van der Waals surface area contributed by atoms with Crippen LogP contribution in [0.15, 0.2) is 18.2 Å². The van der Waals surface area contributed by atoms with E-state index >= 15 is 0 Å². The van der Waals surface area contributed by atoms with Crippen LogP contribution >= 0.6 is 34.8 Å². The van der Waals surface area contributed by atoms with E-state index in [-0.39, 0.29) is 12.3 Å². The van der Waals surface area contributed by atoms with Crippen molar-refractivity contribution in [3.05, 3.63) is 61.6 Å². The number of aryl methyl sites for hydroxylation is 3. The number of anilines is 1. The first-order valence-electron chi connectivity index (χ1n) is 9.14. The van der Waals surface area contributed by atoms with Crippen molar-refractivity contribution in [2.45, 2.75) is 47.2 Å². The van der Waals surface area contributed by atoms with E-state index in [0.717, 1.165) is 28.3 Å². The Balaban J connectivity index is 1.69. The van der Waals surface area contributed by atoms with Crippen LogP contribution in [0.5, 0.6) is 0 Å². The number of hydrogen-bond acceptors (Lipinski definition) is 3. The highest BCUT2D eigenvalue weighted by Crippen LogP contribution is 2.25. The molecule has 1 aromatic carbocycles. The molecule has 3 aromatic rings. The average Bonchev–Trinajstić information content (AvgIpc) is 3.06. The number of nitrogens with one attached hydrogen (secondary N) is 1. The number of rotatable bonds is 6. The number of hydrogen-bond donors (Lipinski definition) is 1. The molecule has 2 heterocycles. The molecule has 2 aromatic heterocycles. The lowest BCUT2D eigenvalue weighted by molar-refractivity contribution is -0.116. The van der Waals surface area contributed by atoms with Crippen LogP contribution in [0.2, 0.25) is 15.1 Å². The molecule has 0 saturated carbocycles. The molecule has 0 radical (unpaired) electrons. The topological polar surface area (TPSA) is 64.7 Å². The third kappa shape index (κ3) is 4.77. The van der Waals surface area contributed by atoms with Crippen LogP contribution in [0.25, 0.3) is 0 Å². The van der Waals surface area contributed by atoms with Crippen LogP contribution in [0.3, 0.4) is 0 Å². The van der Waals surface area contributed by atoms with Gasteiger partial charge < -0.3 is 5.32 Å². The molecule has 9 heteroatoms. The van der Waals surface area contributed by atoms with Gasteiger partial charge in [-0.2, -0.15) is 10.2 Å². The molecule has 0 spiro atoms. The van der Waals surface area contributed by atoms with Crippen LogP contribution in [0.1, 0.15) is 34.8 Å². The second-order valence-electron chi connectivity index (χ2n) is 6.95. The van der Waals surface area contributed by atoms with Crippen molar-refractivity contribution in [3.63, 3.8) is 0 Å². The molecule has 0 aliphatic carbocycles. The lowest BCUT2D eigenvalue weighted by Crippen LogP contribution is -2.16. The monoisotopic (exact) mass is 453 g/mol. The predicted octanol–water partition coefficient (Wildman–Crippen LogP) is 5.35. The van der Waals surface area contributed by atoms with Crippen molar-refractivity contribution in [2.24, 2.45) is 0 Å². The first-order chi connectivity index (χ1) is 13.7. The minimum absolute atomic E-state index is 0.107. The van der Waals surface area contributed by atoms with Gasteiger partial charge in [0.25, 0.3) is 0 Å². The molecule has 0 saturated heterocycles. The highest BCUT2D eigenvalue weighted by molar-refractivity contribution is 6.35. The molecule has 0 aliphatic heterocycles. The summed E-state index contributed by atoms with van der Waals surface area (Å²) in [5.74, 6) is -0.107. The summed E-state index contributed by atoms with van der Waals surface area (Å²) in [6, 6.07) is 5.37. The molecule has 6 nitrogen and oxygen atoms in total. The average molecular weight is 455 g/mol. The van der Waals surface area contributed by atoms with Gasteiger partial charge in [0.1, 0.15) is 0 Å². The normalized spacial score (nSPS) is 11.1. The maximum Gasteiger partial charge on any atom is 0.226 e. The molecule has 0 atom stereocenters. The standard InChI is InChI=1S/C20H22Cl3N5O/c1-11-19(23)13(3)27(25-11)8-7-18(29)24-20-12(2)26-28(14(20)4)10-15-5-6-16(21)9-17(15)22/h5-6,9H,7-8,10H2,1-4H3,(H,24,29). The third-order valence-electron chi connectivity index (χ3n) is 4.82. The summed E-state index contributed by atoms with van der Waals surface area (Å²) in [5, 5.41) is 13.7. The minimum Gasteiger partial charge on any atom is -0.323 e. The SMILES string of the molecule is Cc1nn(CCC(=O)Nc2c(C)nn(Cc3ccc(Cl)cc3Cl)c2C)c(C)c1Cl. The summed E-state index contributed by atoms with van der Waals surface area (Å²) in [4.78, 5) is 12.5. The summed E-state index contributed by atoms with van der Waals surface area (Å²) in [7, 11) is 0. The fraction of sp³-hybridized carbons (Fsp3) is 0.350. The van der Waals surface area contributed by atoms with Crippen LogP contribution in [-0.2, 0) is 17.9 Å². The smallest absolute Gasteiger partial charge is 0.226 e. The summed E-state index contributed by atoms with van der Waals surface area (Å²) in [5.41, 5.74) is 4.84. The van der Waals surface area contributed by atoms with Gasteiger partial charge in [-0.1, -0.05) is 40.9 Å². The summed E-state index contributed by atoms with van der Waals surface area (Å²) < 4.78 is 3.57. The maximum absolute atomic E-state index is 12.5. The van der Waals surface area contributed by atoms with Crippen LogP contribution < -0.4 is 5.32 Å². The number of carbonyl (C=O) groups excluding carboxylic acids is 1. The summed E-state index contributed by atoms with van der Waals surface area (Å²) in [6.45, 7) is 8.46. The van der Waals surface area contributed by atoms with Gasteiger partial charge in [-0.05, 0) is 45.4 Å². The molecule has 0 aliphatic rings. The van der Waals surface area contributed by atoms with E-state index < -0.39 is 0 Å². The van der Waals surface area contributed by atoms with Gasteiger partial charge >= 0.3 is 0 Å². The molecule has 1 N–H and O–H groups in total. The van der Waals surface area contributed by atoms with Gasteiger partial charge in [-0.15, -0.1) is 0 Å². The number of aromatic nitrogens is 4. The largest absolute Gasteiger partial charge is 0.323 e. The van der Waals surface area contributed by atoms with E-state index in [9.17, 15) is 4.79 Å². The Kier molecular flexibility index (Phi) is 6.56. The number of benzene rings is 1. The molecular weight excluding hydrogens is 433 g/mol. The highest BCUT2D eigenvalue weighted by Gasteiger charge is 2.16. The highest BCUT2D eigenvalue weighted by atomic mass is 35.5. The lowest BCUT2D eigenvalue weighted by Gasteiger charge is -2.09. The van der Waals surface area contributed by atoms with Gasteiger partial charge in [0, 0.05) is 16.5 Å². The third-order valence-corrected chi connectivity index (χ3v) is 5.96. The van der Waals surface area contributed by atoms with Crippen molar-refractivity contribution in [1.82, 2.24) is 19.6 Å². The maximum atomic E-state index is 12.5. The molecule has 1 amide bonds. The first-order valence-corrected chi connectivity index (χ1v) is 10.3. The van der Waals surface area contributed by atoms with Crippen molar-refractivity contribution in [3.8, 4) is 0 Å². The molecule has 154 valence electrons. The number of halogens is 3. The van der Waals surface area contributed by atoms with E-state index in [4.69, 9.17) is 34.8 Å². The van der Waals surface area contributed by atoms with Gasteiger partial charge in [0.15, 0.2) is 0 Å². The van der Waals surface area contributed by atoms with Crippen molar-refractivity contribution < 1.29 is 4.79 Å². The molecule has 0 bridgehead atoms. The van der Waals surface area contributed by atoms with Crippen molar-refractivity contribution in [1.29, 1.82) is 0 Å². The number of amides is 1. The van der Waals surface area contributed by atoms with Crippen molar-refractivity contribution in [2.75, 3.05) is 5.32 Å². The fourth-order valence-corrected chi connectivity index (χ4v) is 3.75. The Morgan fingerprint density at radius 2 is 1.69 bits per heavy atom. The van der Waals surface area contributed by atoms with Crippen LogP contribution in [0, 0.1) is 27.7 Å². The Hall–Kier alpha value is -2.02. The van der Waals surface area contributed by atoms with Gasteiger partial charge in [-0.3, -0.25) is 14.2 Å². The van der Waals surface area contributed by atoms with E-state index in [1.165, 1.54) is 0 Å². The molecule has 0 unspecified atom stereocenters. The minimum atomic E-state index is -0.107. The van der Waals surface area contributed by atoms with Gasteiger partial charge in [0.2, 0.25) is 5.91 Å². The molecule has 29 heavy (non-hydrogen) atoms. The Morgan fingerprint density at radius 1 is 1.00 bits per heavy atom. The van der Waals surface area contributed by atoms with Gasteiger partial charge in [0.05, 0.1) is 46.6 Å². The van der Waals surface area contributed by atoms with E-state index in [0.29, 0.717) is 33.8 Å². The summed E-state index contributed by atoms with van der Waals surface area (Å²) >= 11 is 18.4. The van der Waals surface area contributed by atoms with Crippen LogP contribution in [-0.4, -0.2) is 25.5 Å². The number of nitrogens with zero attached hydrogens (tertiary/aromatic N) is 4. The van der Waals surface area contributed by atoms with E-state index in [1.807, 2.05) is 38.4 Å². The van der Waals surface area contributed by atoms with Crippen molar-refractivity contribution >= 4 is 46.4 Å². The second kappa shape index (κ2) is 8.78. The molecular formula is C20H22Cl3N5O. The fourth-order valence-electron chi connectivity index (χ4n) is 3.15. The first kappa shape index (κ1) is 21.7. The van der Waals surface area contributed by atoms with E-state index in [2.05, 4.69) is 15.5 Å². The zero-order valence-corrected chi connectivity index (χ0v) is 19.0. The predicted molar refractivity (Wildman–Crippen MR) is 117 cm³/mol. The second-order valence-corrected chi connectivity index (χ2v) is 8.17. The van der Waals surface area contributed by atoms with E-state index in [1.54, 1.807) is 16.8 Å². The van der Waals surface area contributed by atoms with Gasteiger partial charge in [-0.25, -0.2) is 0 Å². The quantitative estimate of drug-likeness (QED) is 0.546. The summed E-state index contributed by atoms with van der Waals surface area (Å²) in [6.07, 6.45) is 0.283. The number of carbonyl (C=O) groups is 1. The molecule has 3 rings (SSSR count). The Labute approximate surface area is 184 Å². The molecule has 0 fully saturated rings. The zero-order valence-electron chi connectivity index (χ0n) is 16.7. The van der Waals surface area contributed by atoms with Crippen LogP contribution in [0.4, 0.5) is 5.69 Å². The Morgan fingerprint density at radius 3 is 2.31 bits per heavy atom.